The minimum atomic E-state index is -0.805. The van der Waals surface area contributed by atoms with Crippen molar-refractivity contribution in [1.29, 1.82) is 0 Å². The molecular formula is C19H18N8O3S2. The van der Waals surface area contributed by atoms with Gasteiger partial charge < -0.3 is 15.5 Å². The van der Waals surface area contributed by atoms with E-state index in [1.165, 1.54) is 21.1 Å². The molecule has 3 aromatic heterocycles. The minimum Gasteiger partial charge on any atom is -0.539 e. The van der Waals surface area contributed by atoms with E-state index in [0.717, 1.165) is 23.0 Å². The topological polar surface area (TPSA) is 153 Å². The molecule has 3 heterocycles. The molecule has 0 aliphatic carbocycles. The Bertz CT molecular complexity index is 1260. The summed E-state index contributed by atoms with van der Waals surface area (Å²) in [6.07, 6.45) is 1.68. The second-order valence-electron chi connectivity index (χ2n) is 6.71. The van der Waals surface area contributed by atoms with Crippen LogP contribution in [-0.4, -0.2) is 41.6 Å². The lowest BCUT2D eigenvalue weighted by Crippen LogP contribution is -2.39. The number of carbonyl (C=O) groups is 1. The van der Waals surface area contributed by atoms with Crippen molar-refractivity contribution in [2.24, 2.45) is 0 Å². The molecule has 0 radical (unpaired) electrons. The molecule has 0 fully saturated rings. The number of benzene rings is 1. The van der Waals surface area contributed by atoms with Gasteiger partial charge in [0.1, 0.15) is 0 Å². The van der Waals surface area contributed by atoms with Gasteiger partial charge in [-0.1, -0.05) is 41.2 Å². The van der Waals surface area contributed by atoms with Crippen LogP contribution in [0, 0.1) is 13.8 Å². The Labute approximate surface area is 191 Å². The highest BCUT2D eigenvalue weighted by molar-refractivity contribution is 7.99. The molecule has 4 rings (SSSR count). The zero-order valence-corrected chi connectivity index (χ0v) is 18.8. The molecule has 0 atom stereocenters. The first-order chi connectivity index (χ1) is 15.4. The van der Waals surface area contributed by atoms with E-state index in [0.29, 0.717) is 27.6 Å². The van der Waals surface area contributed by atoms with Crippen molar-refractivity contribution in [3.05, 3.63) is 59.3 Å². The third kappa shape index (κ3) is 4.73. The van der Waals surface area contributed by atoms with Gasteiger partial charge in [-0.25, -0.2) is 14.6 Å². The zero-order chi connectivity index (χ0) is 22.7. The number of nitrogens with zero attached hydrogens (tertiary/aromatic N) is 7. The number of carbonyl (C=O) groups excluding carboxylic acids is 1. The molecule has 0 aliphatic heterocycles. The van der Waals surface area contributed by atoms with Gasteiger partial charge in [0.05, 0.1) is 16.8 Å². The van der Waals surface area contributed by atoms with Crippen LogP contribution < -0.4 is 15.6 Å². The molecule has 0 amide bonds. The minimum absolute atomic E-state index is 0.0915. The standard InChI is InChI=1S/C19H18N8O3S2/c1-11-3-5-13(6-4-11)27-16(17(29)30-25-27)14(28)9-32-19-24-23-15(26(19)20)10-31-18-21-8-7-12(2)22-18/h3-8H,9-10,20H2,1-2H3. The van der Waals surface area contributed by atoms with Gasteiger partial charge in [0, 0.05) is 24.0 Å². The Balaban J connectivity index is 1.43. The molecule has 0 bridgehead atoms. The molecule has 2 N–H and O–H groups in total. The van der Waals surface area contributed by atoms with Crippen molar-refractivity contribution in [1.82, 2.24) is 30.1 Å². The van der Waals surface area contributed by atoms with Gasteiger partial charge >= 0.3 is 5.69 Å². The van der Waals surface area contributed by atoms with Crippen LogP contribution in [0.3, 0.4) is 0 Å². The molecule has 0 unspecified atom stereocenters. The first-order valence-corrected chi connectivity index (χ1v) is 11.3. The predicted octanol–water partition coefficient (Wildman–Crippen LogP) is 1.00. The second-order valence-corrected chi connectivity index (χ2v) is 8.59. The summed E-state index contributed by atoms with van der Waals surface area (Å²) >= 11 is 2.44. The maximum atomic E-state index is 12.8. The molecule has 11 nitrogen and oxygen atoms in total. The number of aromatic nitrogens is 7. The van der Waals surface area contributed by atoms with E-state index in [4.69, 9.17) is 10.4 Å². The third-order valence-electron chi connectivity index (χ3n) is 4.32. The van der Waals surface area contributed by atoms with E-state index in [2.05, 4.69) is 25.4 Å². The Hall–Kier alpha value is -3.45. The average molecular weight is 471 g/mol. The van der Waals surface area contributed by atoms with E-state index < -0.39 is 11.7 Å². The Kier molecular flexibility index (Phi) is 6.37. The third-order valence-corrected chi connectivity index (χ3v) is 6.12. The zero-order valence-electron chi connectivity index (χ0n) is 17.1. The fourth-order valence-corrected chi connectivity index (χ4v) is 4.21. The van der Waals surface area contributed by atoms with Gasteiger partial charge in [0.25, 0.3) is 0 Å². The first kappa shape index (κ1) is 21.8. The number of Topliss-reactive ketones (excluding diaryl/α,β-unsaturated/α-hetero) is 1. The highest BCUT2D eigenvalue weighted by Crippen LogP contribution is 2.22. The number of hydrogen-bond acceptors (Lipinski definition) is 11. The van der Waals surface area contributed by atoms with Gasteiger partial charge in [-0.2, -0.15) is 0 Å². The highest BCUT2D eigenvalue weighted by atomic mass is 32.2. The lowest BCUT2D eigenvalue weighted by molar-refractivity contribution is -0.672. The fraction of sp³-hybridized carbons (Fsp3) is 0.211. The van der Waals surface area contributed by atoms with Crippen LogP contribution in [0.15, 0.2) is 51.4 Å². The van der Waals surface area contributed by atoms with E-state index in [1.54, 1.807) is 18.3 Å². The number of aryl methyl sites for hydroxylation is 2. The van der Waals surface area contributed by atoms with Crippen LogP contribution >= 0.6 is 23.5 Å². The summed E-state index contributed by atoms with van der Waals surface area (Å²) in [4.78, 5) is 21.3. The number of hydrogen-bond donors (Lipinski definition) is 1. The molecule has 0 saturated carbocycles. The summed E-state index contributed by atoms with van der Waals surface area (Å²) in [5, 5.41) is 24.8. The number of nitrogens with two attached hydrogens (primary N) is 1. The van der Waals surface area contributed by atoms with Crippen molar-refractivity contribution in [2.45, 2.75) is 29.9 Å². The Morgan fingerprint density at radius 3 is 2.72 bits per heavy atom. The first-order valence-electron chi connectivity index (χ1n) is 9.36. The van der Waals surface area contributed by atoms with Gasteiger partial charge in [-0.15, -0.1) is 10.2 Å². The Morgan fingerprint density at radius 2 is 1.97 bits per heavy atom. The van der Waals surface area contributed by atoms with Crippen LogP contribution in [0.4, 0.5) is 0 Å². The van der Waals surface area contributed by atoms with Crippen molar-refractivity contribution < 1.29 is 19.1 Å². The van der Waals surface area contributed by atoms with Gasteiger partial charge in [-0.3, -0.25) is 4.79 Å². The summed E-state index contributed by atoms with van der Waals surface area (Å²) in [5.41, 5.74) is 2.28. The lowest BCUT2D eigenvalue weighted by atomic mass is 10.2. The molecule has 4 aromatic rings. The summed E-state index contributed by atoms with van der Waals surface area (Å²) in [6.45, 7) is 3.82. The van der Waals surface area contributed by atoms with Crippen molar-refractivity contribution in [3.8, 4) is 11.6 Å². The predicted molar refractivity (Wildman–Crippen MR) is 114 cm³/mol. The monoisotopic (exact) mass is 470 g/mol. The van der Waals surface area contributed by atoms with E-state index in [-0.39, 0.29) is 11.4 Å². The molecule has 32 heavy (non-hydrogen) atoms. The highest BCUT2D eigenvalue weighted by Gasteiger charge is 2.28. The maximum Gasteiger partial charge on any atom is 0.307 e. The number of thioether (sulfide) groups is 2. The van der Waals surface area contributed by atoms with Crippen LogP contribution in [0.2, 0.25) is 0 Å². The van der Waals surface area contributed by atoms with E-state index >= 15 is 0 Å². The van der Waals surface area contributed by atoms with Crippen molar-refractivity contribution >= 4 is 29.3 Å². The van der Waals surface area contributed by atoms with E-state index in [9.17, 15) is 9.90 Å². The van der Waals surface area contributed by atoms with Gasteiger partial charge in [0.2, 0.25) is 16.6 Å². The molecule has 13 heteroatoms. The van der Waals surface area contributed by atoms with Gasteiger partial charge in [-0.05, 0) is 24.6 Å². The summed E-state index contributed by atoms with van der Waals surface area (Å²) in [6, 6.07) is 9.01. The van der Waals surface area contributed by atoms with Crippen LogP contribution in [0.1, 0.15) is 27.6 Å². The maximum absolute atomic E-state index is 12.8. The largest absolute Gasteiger partial charge is 0.539 e. The molecule has 164 valence electrons. The molecule has 0 aliphatic rings. The summed E-state index contributed by atoms with van der Waals surface area (Å²) < 4.78 is 7.22. The number of rotatable bonds is 8. The molecule has 0 saturated heterocycles. The van der Waals surface area contributed by atoms with Crippen LogP contribution in [0.5, 0.6) is 5.95 Å². The Morgan fingerprint density at radius 1 is 1.19 bits per heavy atom. The second kappa shape index (κ2) is 9.36. The SMILES string of the molecule is Cc1ccc(-[n+]2noc([O-])c2C(=O)CSc2nnc(CSc3nccc(C)n3)n2N)cc1. The lowest BCUT2D eigenvalue weighted by Gasteiger charge is -2.03. The van der Waals surface area contributed by atoms with E-state index in [1.807, 2.05) is 32.0 Å². The molecule has 0 spiro atoms. The van der Waals surface area contributed by atoms with Crippen molar-refractivity contribution in [3.63, 3.8) is 0 Å². The normalized spacial score (nSPS) is 11.1. The average Bonchev–Trinajstić information content (AvgIpc) is 3.33. The quantitative estimate of drug-likeness (QED) is 0.129. The summed E-state index contributed by atoms with van der Waals surface area (Å²) in [5.74, 6) is 5.62. The number of nitrogen functional groups attached to an aromatic ring is 1. The van der Waals surface area contributed by atoms with Crippen LogP contribution in [0.25, 0.3) is 5.69 Å². The summed E-state index contributed by atoms with van der Waals surface area (Å²) in [7, 11) is 0. The van der Waals surface area contributed by atoms with Gasteiger partial charge in [0.15, 0.2) is 16.9 Å². The fourth-order valence-electron chi connectivity index (χ4n) is 2.67. The smallest absolute Gasteiger partial charge is 0.307 e. The van der Waals surface area contributed by atoms with Crippen molar-refractivity contribution in [2.75, 3.05) is 11.6 Å². The van der Waals surface area contributed by atoms with Crippen LogP contribution in [-0.2, 0) is 5.75 Å². The number of ketones is 1. The molecule has 1 aromatic carbocycles. The molecular weight excluding hydrogens is 452 g/mol.